The van der Waals surface area contributed by atoms with Crippen molar-refractivity contribution in [2.45, 2.75) is 138 Å². The van der Waals surface area contributed by atoms with Gasteiger partial charge >= 0.3 is 0 Å². The van der Waals surface area contributed by atoms with Crippen LogP contribution in [0.3, 0.4) is 0 Å². The second kappa shape index (κ2) is 17.5. The molecule has 7 atom stereocenters. The van der Waals surface area contributed by atoms with Gasteiger partial charge < -0.3 is 46.8 Å². The number of amides is 7. The first kappa shape index (κ1) is 42.1. The van der Waals surface area contributed by atoms with Gasteiger partial charge in [0.2, 0.25) is 41.4 Å². The number of H-pyrrole nitrogens is 2. The van der Waals surface area contributed by atoms with Gasteiger partial charge in [0.15, 0.2) is 0 Å². The second-order valence-electron chi connectivity index (χ2n) is 18.4. The summed E-state index contributed by atoms with van der Waals surface area (Å²) in [5.74, 6) is -3.66. The molecule has 1 spiro atoms. The largest absolute Gasteiger partial charge is 0.370 e. The average molecular weight is 860 g/mol. The van der Waals surface area contributed by atoms with Crippen LogP contribution in [0.15, 0.2) is 60.9 Å². The molecule has 2 aromatic heterocycles. The summed E-state index contributed by atoms with van der Waals surface area (Å²) in [6.07, 6.45) is 10.00. The first-order valence-corrected chi connectivity index (χ1v) is 22.7. The molecule has 0 unspecified atom stereocenters. The molecule has 0 radical (unpaired) electrons. The number of benzene rings is 2. The van der Waals surface area contributed by atoms with Gasteiger partial charge in [-0.1, -0.05) is 62.1 Å². The molecule has 3 saturated heterocycles. The molecule has 8 N–H and O–H groups in total. The standard InChI is InChI=1S/C47H57N9O7/c48-40(57)18-17-34-44(61)55-21-9-16-38(55)45(62)56-37-15-6-1-10-27(37)24-39(56)43(60)52-36(23-29-26-50-33-14-5-3-12-31(29)33)42(59)54-47(19-7-8-20-47)46(63)53-35(41(58)51-34)22-28-25-49-32-13-4-2-11-30(28)32/h2-5,11-14,25-27,34-39,49-50H,1,6-10,15-24H2,(H2,48,57)(H,51,58)(H,52,60)(H,53,63)(H,54,59)/t27-,34+,35+,36+,37-,38-,39-/m1/s1. The van der Waals surface area contributed by atoms with Crippen molar-refractivity contribution in [2.24, 2.45) is 11.7 Å². The van der Waals surface area contributed by atoms with E-state index in [-0.39, 0.29) is 50.1 Å². The van der Waals surface area contributed by atoms with Gasteiger partial charge in [-0.15, -0.1) is 0 Å². The summed E-state index contributed by atoms with van der Waals surface area (Å²) in [6, 6.07) is 9.67. The minimum atomic E-state index is -1.42. The van der Waals surface area contributed by atoms with Gasteiger partial charge in [0.25, 0.3) is 0 Å². The molecule has 5 heterocycles. The van der Waals surface area contributed by atoms with Crippen molar-refractivity contribution in [3.8, 4) is 0 Å². The van der Waals surface area contributed by atoms with Gasteiger partial charge in [-0.2, -0.15) is 0 Å². The second-order valence-corrected chi connectivity index (χ2v) is 18.4. The average Bonchev–Trinajstić information content (AvgIpc) is 4.14. The van der Waals surface area contributed by atoms with Gasteiger partial charge in [-0.05, 0) is 80.5 Å². The third kappa shape index (κ3) is 8.27. The summed E-state index contributed by atoms with van der Waals surface area (Å²) in [5.41, 5.74) is 7.41. The quantitative estimate of drug-likeness (QED) is 0.147. The van der Waals surface area contributed by atoms with Crippen molar-refractivity contribution in [3.05, 3.63) is 72.1 Å². The molecule has 63 heavy (non-hydrogen) atoms. The maximum absolute atomic E-state index is 15.0. The summed E-state index contributed by atoms with van der Waals surface area (Å²) >= 11 is 0. The van der Waals surface area contributed by atoms with Crippen LogP contribution in [0.25, 0.3) is 21.8 Å². The van der Waals surface area contributed by atoms with Gasteiger partial charge in [0, 0.05) is 66.0 Å². The minimum absolute atomic E-state index is 0.0331. The molecule has 4 aromatic rings. The van der Waals surface area contributed by atoms with E-state index in [0.29, 0.717) is 51.4 Å². The number of hydrogen-bond acceptors (Lipinski definition) is 7. The number of nitrogens with zero attached hydrogens (tertiary/aromatic N) is 2. The molecule has 16 nitrogen and oxygen atoms in total. The maximum atomic E-state index is 15.0. The lowest BCUT2D eigenvalue weighted by Gasteiger charge is -2.38. The van der Waals surface area contributed by atoms with Crippen molar-refractivity contribution < 1.29 is 33.6 Å². The third-order valence-corrected chi connectivity index (χ3v) is 14.5. The number of carbonyl (C=O) groups excluding carboxylic acids is 7. The fourth-order valence-electron chi connectivity index (χ4n) is 11.2. The summed E-state index contributed by atoms with van der Waals surface area (Å²) in [5, 5.41) is 13.8. The molecule has 5 fully saturated rings. The Bertz CT molecular complexity index is 2440. The molecular formula is C47H57N9O7. The smallest absolute Gasteiger partial charge is 0.246 e. The van der Waals surface area contributed by atoms with Gasteiger partial charge in [0.1, 0.15) is 35.7 Å². The Morgan fingerprint density at radius 1 is 0.667 bits per heavy atom. The first-order valence-electron chi connectivity index (χ1n) is 22.7. The molecule has 5 aliphatic rings. The highest BCUT2D eigenvalue weighted by Crippen LogP contribution is 2.41. The number of hydrogen-bond donors (Lipinski definition) is 7. The monoisotopic (exact) mass is 859 g/mol. The van der Waals surface area contributed by atoms with Crippen LogP contribution in [0.2, 0.25) is 0 Å². The predicted octanol–water partition coefficient (Wildman–Crippen LogP) is 2.75. The number of aromatic nitrogens is 2. The summed E-state index contributed by atoms with van der Waals surface area (Å²) in [4.78, 5) is 111. The number of fused-ring (bicyclic) bond motifs is 6. The number of rotatable bonds is 7. The number of nitrogens with two attached hydrogens (primary N) is 1. The highest BCUT2D eigenvalue weighted by Gasteiger charge is 2.52. The summed E-state index contributed by atoms with van der Waals surface area (Å²) < 4.78 is 0. The lowest BCUT2D eigenvalue weighted by Crippen LogP contribution is -2.65. The molecule has 0 bridgehead atoms. The van der Waals surface area contributed by atoms with E-state index >= 15 is 4.79 Å². The Morgan fingerprint density at radius 3 is 1.95 bits per heavy atom. The van der Waals surface area contributed by atoms with Crippen LogP contribution >= 0.6 is 0 Å². The maximum Gasteiger partial charge on any atom is 0.246 e. The minimum Gasteiger partial charge on any atom is -0.370 e. The molecule has 2 saturated carbocycles. The molecule has 16 heteroatoms. The number of nitrogens with one attached hydrogen (secondary N) is 6. The molecule has 2 aliphatic carbocycles. The van der Waals surface area contributed by atoms with Crippen LogP contribution < -0.4 is 27.0 Å². The van der Waals surface area contributed by atoms with Crippen LogP contribution in [0.4, 0.5) is 0 Å². The van der Waals surface area contributed by atoms with Gasteiger partial charge in [-0.25, -0.2) is 0 Å². The Kier molecular flexibility index (Phi) is 11.7. The van der Waals surface area contributed by atoms with Gasteiger partial charge in [0.05, 0.1) is 0 Å². The number of para-hydroxylation sites is 2. The summed E-state index contributed by atoms with van der Waals surface area (Å²) in [7, 11) is 0. The Balaban J connectivity index is 1.12. The third-order valence-electron chi connectivity index (χ3n) is 14.5. The van der Waals surface area contributed by atoms with Crippen LogP contribution in [-0.4, -0.2) is 109 Å². The van der Waals surface area contributed by atoms with Gasteiger partial charge in [-0.3, -0.25) is 33.6 Å². The molecule has 332 valence electrons. The van der Waals surface area contributed by atoms with Crippen LogP contribution in [0.1, 0.15) is 94.6 Å². The lowest BCUT2D eigenvalue weighted by atomic mass is 9.84. The zero-order chi connectivity index (χ0) is 43.8. The Labute approximate surface area is 365 Å². The lowest BCUT2D eigenvalue weighted by molar-refractivity contribution is -0.150. The van der Waals surface area contributed by atoms with E-state index in [1.54, 1.807) is 11.1 Å². The molecule has 2 aromatic carbocycles. The zero-order valence-electron chi connectivity index (χ0n) is 35.5. The van der Waals surface area contributed by atoms with E-state index in [9.17, 15) is 28.8 Å². The SMILES string of the molecule is NC(=O)CC[C@@H]1NC(=O)[C@H](Cc2c[nH]c3ccccc23)NC(=O)C2(CCCC2)NC(=O)[C@H](Cc2c[nH]c3ccccc23)NC(=O)[C@H]2C[C@H]3CCCC[C@H]3N2C(=O)[C@H]2CCCN2C1=O. The van der Waals surface area contributed by atoms with E-state index in [0.717, 1.165) is 52.2 Å². The Hall–Kier alpha value is -6.19. The van der Waals surface area contributed by atoms with E-state index in [4.69, 9.17) is 5.73 Å². The van der Waals surface area contributed by atoms with E-state index in [2.05, 4.69) is 31.2 Å². The number of carbonyl (C=O) groups is 7. The van der Waals surface area contributed by atoms with E-state index in [1.807, 2.05) is 54.7 Å². The van der Waals surface area contributed by atoms with Crippen molar-refractivity contribution in [1.82, 2.24) is 41.0 Å². The molecule has 9 rings (SSSR count). The topological polar surface area (TPSA) is 232 Å². The first-order chi connectivity index (χ1) is 30.5. The molecule has 3 aliphatic heterocycles. The fourth-order valence-corrected chi connectivity index (χ4v) is 11.2. The van der Waals surface area contributed by atoms with Crippen LogP contribution in [0.5, 0.6) is 0 Å². The zero-order valence-corrected chi connectivity index (χ0v) is 35.5. The van der Waals surface area contributed by atoms with Crippen molar-refractivity contribution in [1.29, 1.82) is 0 Å². The predicted molar refractivity (Wildman–Crippen MR) is 233 cm³/mol. The number of primary amides is 1. The Morgan fingerprint density at radius 2 is 1.29 bits per heavy atom. The van der Waals surface area contributed by atoms with E-state index < -0.39 is 71.2 Å². The van der Waals surface area contributed by atoms with E-state index in [1.165, 1.54) is 4.90 Å². The van der Waals surface area contributed by atoms with Crippen molar-refractivity contribution in [2.75, 3.05) is 6.54 Å². The highest BCUT2D eigenvalue weighted by molar-refractivity contribution is 6.01. The van der Waals surface area contributed by atoms with Crippen LogP contribution in [0, 0.1) is 5.92 Å². The summed E-state index contributed by atoms with van der Waals surface area (Å²) in [6.45, 7) is 0.238. The highest BCUT2D eigenvalue weighted by atomic mass is 16.2. The molecular weight excluding hydrogens is 803 g/mol. The van der Waals surface area contributed by atoms with Crippen molar-refractivity contribution in [3.63, 3.8) is 0 Å². The normalized spacial score (nSPS) is 28.2. The van der Waals surface area contributed by atoms with Crippen molar-refractivity contribution >= 4 is 63.2 Å². The molecule has 7 amide bonds. The number of aromatic amines is 2. The van der Waals surface area contributed by atoms with Crippen LogP contribution in [-0.2, 0) is 46.4 Å². The fraction of sp³-hybridized carbons (Fsp3) is 0.511.